The normalized spacial score (nSPS) is 20.9. The fraction of sp³-hybridized carbons (Fsp3) is 0.400. The van der Waals surface area contributed by atoms with Crippen molar-refractivity contribution in [3.05, 3.63) is 65.7 Å². The van der Waals surface area contributed by atoms with E-state index in [9.17, 15) is 16.8 Å². The third-order valence-corrected chi connectivity index (χ3v) is 9.01. The Kier molecular flexibility index (Phi) is 6.03. The zero-order chi connectivity index (χ0) is 19.5. The molecule has 1 saturated heterocycles. The second-order valence-corrected chi connectivity index (χ2v) is 11.1. The van der Waals surface area contributed by atoms with Crippen molar-refractivity contribution in [2.75, 3.05) is 18.8 Å². The van der Waals surface area contributed by atoms with Crippen LogP contribution in [0.25, 0.3) is 0 Å². The summed E-state index contributed by atoms with van der Waals surface area (Å²) in [5.74, 6) is -0.167. The fourth-order valence-corrected chi connectivity index (χ4v) is 6.84. The van der Waals surface area contributed by atoms with Gasteiger partial charge in [-0.2, -0.15) is 4.31 Å². The van der Waals surface area contributed by atoms with E-state index in [0.717, 1.165) is 24.0 Å². The topological polar surface area (TPSA) is 71.5 Å². The quantitative estimate of drug-likeness (QED) is 0.763. The van der Waals surface area contributed by atoms with Crippen molar-refractivity contribution in [3.8, 4) is 0 Å². The molecule has 1 aliphatic heterocycles. The van der Waals surface area contributed by atoms with Crippen LogP contribution >= 0.6 is 0 Å². The molecule has 1 fully saturated rings. The number of sulfonamides is 1. The molecule has 1 aliphatic rings. The number of sulfone groups is 1. The van der Waals surface area contributed by atoms with Crippen LogP contribution in [0.3, 0.4) is 0 Å². The zero-order valence-corrected chi connectivity index (χ0v) is 17.0. The van der Waals surface area contributed by atoms with Crippen LogP contribution in [0.4, 0.5) is 0 Å². The highest BCUT2D eigenvalue weighted by molar-refractivity contribution is 7.92. The number of nitrogens with zero attached hydrogens (tertiary/aromatic N) is 1. The van der Waals surface area contributed by atoms with Gasteiger partial charge < -0.3 is 0 Å². The van der Waals surface area contributed by atoms with E-state index in [0.29, 0.717) is 0 Å². The van der Waals surface area contributed by atoms with Crippen molar-refractivity contribution in [1.29, 1.82) is 0 Å². The van der Waals surface area contributed by atoms with Crippen LogP contribution in [0.2, 0.25) is 0 Å². The van der Waals surface area contributed by atoms with Gasteiger partial charge in [0.15, 0.2) is 9.84 Å². The van der Waals surface area contributed by atoms with Gasteiger partial charge in [-0.1, -0.05) is 55.8 Å². The molecule has 0 amide bonds. The summed E-state index contributed by atoms with van der Waals surface area (Å²) >= 11 is 0. The lowest BCUT2D eigenvalue weighted by atomic mass is 10.1. The van der Waals surface area contributed by atoms with Crippen LogP contribution < -0.4 is 0 Å². The fourth-order valence-electron chi connectivity index (χ4n) is 3.47. The Hall–Kier alpha value is -1.70. The van der Waals surface area contributed by atoms with Crippen LogP contribution in [0.5, 0.6) is 0 Å². The molecule has 1 atom stereocenters. The molecule has 0 saturated carbocycles. The Morgan fingerprint density at radius 2 is 1.67 bits per heavy atom. The lowest BCUT2D eigenvalue weighted by Crippen LogP contribution is -2.33. The predicted octanol–water partition coefficient (Wildman–Crippen LogP) is 3.19. The number of hydrogen-bond acceptors (Lipinski definition) is 4. The minimum absolute atomic E-state index is 0.00921. The van der Waals surface area contributed by atoms with E-state index in [-0.39, 0.29) is 30.2 Å². The van der Waals surface area contributed by atoms with Gasteiger partial charge in [-0.05, 0) is 36.1 Å². The highest BCUT2D eigenvalue weighted by Crippen LogP contribution is 2.31. The highest BCUT2D eigenvalue weighted by atomic mass is 32.2. The van der Waals surface area contributed by atoms with Crippen LogP contribution in [0.1, 0.15) is 36.1 Å². The predicted molar refractivity (Wildman–Crippen MR) is 107 cm³/mol. The van der Waals surface area contributed by atoms with Crippen LogP contribution in [-0.4, -0.2) is 40.0 Å². The second kappa shape index (κ2) is 8.12. The van der Waals surface area contributed by atoms with Gasteiger partial charge in [0.2, 0.25) is 10.0 Å². The van der Waals surface area contributed by atoms with E-state index in [2.05, 4.69) is 6.92 Å². The van der Waals surface area contributed by atoms with Gasteiger partial charge in [-0.3, -0.25) is 0 Å². The van der Waals surface area contributed by atoms with E-state index in [1.807, 2.05) is 30.3 Å². The second-order valence-electron chi connectivity index (χ2n) is 6.85. The maximum absolute atomic E-state index is 13.0. The van der Waals surface area contributed by atoms with Gasteiger partial charge in [0.1, 0.15) is 0 Å². The first kappa shape index (κ1) is 20.0. The van der Waals surface area contributed by atoms with Crippen molar-refractivity contribution in [3.63, 3.8) is 0 Å². The first-order valence-electron chi connectivity index (χ1n) is 9.20. The number of aryl methyl sites for hydroxylation is 1. The smallest absolute Gasteiger partial charge is 0.228 e. The van der Waals surface area contributed by atoms with E-state index in [4.69, 9.17) is 0 Å². The Bertz CT molecular complexity index is 968. The van der Waals surface area contributed by atoms with Crippen molar-refractivity contribution in [2.24, 2.45) is 0 Å². The first-order chi connectivity index (χ1) is 12.8. The average molecular weight is 408 g/mol. The van der Waals surface area contributed by atoms with Crippen LogP contribution in [0.15, 0.2) is 59.5 Å². The molecule has 0 radical (unpaired) electrons. The number of hydrogen-bond donors (Lipinski definition) is 0. The molecule has 1 unspecified atom stereocenters. The summed E-state index contributed by atoms with van der Waals surface area (Å²) in [5, 5.41) is -0.661. The van der Waals surface area contributed by atoms with Gasteiger partial charge in [0, 0.05) is 13.1 Å². The maximum Gasteiger partial charge on any atom is 0.243 e. The molecule has 3 rings (SSSR count). The monoisotopic (exact) mass is 407 g/mol. The molecule has 0 bridgehead atoms. The van der Waals surface area contributed by atoms with Gasteiger partial charge in [0.25, 0.3) is 0 Å². The van der Waals surface area contributed by atoms with Gasteiger partial charge in [-0.25, -0.2) is 16.8 Å². The summed E-state index contributed by atoms with van der Waals surface area (Å²) in [4.78, 5) is 0.220. The lowest BCUT2D eigenvalue weighted by Gasteiger charge is -2.20. The SMILES string of the molecule is CCCc1ccc(S(=O)(=O)N2CCC(c3ccccc3)S(=O)(=O)CC2)cc1. The molecule has 2 aromatic carbocycles. The van der Waals surface area contributed by atoms with Crippen molar-refractivity contribution >= 4 is 19.9 Å². The molecule has 27 heavy (non-hydrogen) atoms. The molecule has 7 heteroatoms. The molecule has 2 aromatic rings. The lowest BCUT2D eigenvalue weighted by molar-refractivity contribution is 0.428. The Labute approximate surface area is 162 Å². The largest absolute Gasteiger partial charge is 0.243 e. The molecular formula is C20H25NO4S2. The van der Waals surface area contributed by atoms with Crippen LogP contribution in [-0.2, 0) is 26.3 Å². The first-order valence-corrected chi connectivity index (χ1v) is 12.4. The van der Waals surface area contributed by atoms with Crippen LogP contribution in [0, 0.1) is 0 Å². The molecule has 0 aliphatic carbocycles. The third-order valence-electron chi connectivity index (χ3n) is 4.97. The van der Waals surface area contributed by atoms with Gasteiger partial charge in [-0.15, -0.1) is 0 Å². The minimum Gasteiger partial charge on any atom is -0.228 e. The Balaban J connectivity index is 1.84. The molecule has 5 nitrogen and oxygen atoms in total. The van der Waals surface area contributed by atoms with E-state index in [1.165, 1.54) is 4.31 Å². The van der Waals surface area contributed by atoms with Crippen molar-refractivity contribution < 1.29 is 16.8 Å². The summed E-state index contributed by atoms with van der Waals surface area (Å²) in [6.07, 6.45) is 2.16. The Morgan fingerprint density at radius 1 is 1.00 bits per heavy atom. The van der Waals surface area contributed by atoms with Crippen molar-refractivity contribution in [1.82, 2.24) is 4.31 Å². The molecule has 1 heterocycles. The highest BCUT2D eigenvalue weighted by Gasteiger charge is 2.35. The summed E-state index contributed by atoms with van der Waals surface area (Å²) in [7, 11) is -7.11. The van der Waals surface area contributed by atoms with E-state index in [1.54, 1.807) is 24.3 Å². The average Bonchev–Trinajstić information content (AvgIpc) is 2.81. The summed E-state index contributed by atoms with van der Waals surface area (Å²) < 4.78 is 52.7. The number of rotatable bonds is 5. The van der Waals surface area contributed by atoms with Gasteiger partial charge in [0.05, 0.1) is 15.9 Å². The summed E-state index contributed by atoms with van der Waals surface area (Å²) in [6.45, 7) is 2.26. The maximum atomic E-state index is 13.0. The van der Waals surface area contributed by atoms with E-state index >= 15 is 0 Å². The number of benzene rings is 2. The molecular weight excluding hydrogens is 382 g/mol. The zero-order valence-electron chi connectivity index (χ0n) is 15.4. The third kappa shape index (κ3) is 4.42. The van der Waals surface area contributed by atoms with Gasteiger partial charge >= 0.3 is 0 Å². The summed E-state index contributed by atoms with van der Waals surface area (Å²) in [5.41, 5.74) is 1.82. The molecule has 146 valence electrons. The molecule has 0 spiro atoms. The molecule has 0 aromatic heterocycles. The van der Waals surface area contributed by atoms with Crippen molar-refractivity contribution in [2.45, 2.75) is 36.3 Å². The molecule has 0 N–H and O–H groups in total. The Morgan fingerprint density at radius 3 is 2.30 bits per heavy atom. The van der Waals surface area contributed by atoms with E-state index < -0.39 is 25.1 Å². The standard InChI is InChI=1S/C20H25NO4S2/c1-2-6-17-9-11-19(12-10-17)27(24,25)21-14-13-20(26(22,23)16-15-21)18-7-4-3-5-8-18/h3-5,7-12,20H,2,6,13-16H2,1H3. The minimum atomic E-state index is -3.70. The summed E-state index contributed by atoms with van der Waals surface area (Å²) in [6, 6.07) is 15.9.